The average molecular weight is 336 g/mol. The van der Waals surface area contributed by atoms with Crippen LogP contribution in [0.15, 0.2) is 23.1 Å². The molecule has 1 aromatic rings. The number of halogens is 1. The van der Waals surface area contributed by atoms with Gasteiger partial charge in [-0.1, -0.05) is 32.4 Å². The molecule has 0 heterocycles. The van der Waals surface area contributed by atoms with Gasteiger partial charge in [-0.05, 0) is 30.0 Å². The van der Waals surface area contributed by atoms with Gasteiger partial charge in [0.15, 0.2) is 0 Å². The van der Waals surface area contributed by atoms with Crippen LogP contribution in [0.2, 0.25) is 5.02 Å². The highest BCUT2D eigenvalue weighted by Gasteiger charge is 2.24. The molecule has 0 saturated heterocycles. The Hall–Kier alpha value is -0.820. The number of hydrogen-bond acceptors (Lipinski definition) is 4. The molecule has 0 aromatic heterocycles. The van der Waals surface area contributed by atoms with Crippen molar-refractivity contribution in [3.8, 4) is 5.75 Å². The molecule has 2 N–H and O–H groups in total. The Kier molecular flexibility index (Phi) is 6.04. The van der Waals surface area contributed by atoms with Crippen molar-refractivity contribution >= 4 is 21.6 Å². The Morgan fingerprint density at radius 3 is 2.52 bits per heavy atom. The molecule has 0 spiro atoms. The SMILES string of the molecule is COc1ccc(Cl)cc1S(=O)(=O)NCC[C@@H](O)C(C)(C)C. The first-order valence-electron chi connectivity index (χ1n) is 6.59. The summed E-state index contributed by atoms with van der Waals surface area (Å²) < 4.78 is 32.0. The molecule has 0 unspecified atom stereocenters. The number of aliphatic hydroxyl groups excluding tert-OH is 1. The molecule has 0 saturated carbocycles. The van der Waals surface area contributed by atoms with Gasteiger partial charge in [0.2, 0.25) is 10.0 Å². The zero-order valence-corrected chi connectivity index (χ0v) is 14.3. The lowest BCUT2D eigenvalue weighted by Crippen LogP contribution is -2.32. The summed E-state index contributed by atoms with van der Waals surface area (Å²) in [6.07, 6.45) is -0.271. The molecule has 0 fully saturated rings. The molecule has 21 heavy (non-hydrogen) atoms. The molecule has 0 aliphatic carbocycles. The molecular weight excluding hydrogens is 314 g/mol. The van der Waals surface area contributed by atoms with E-state index in [2.05, 4.69) is 4.72 Å². The fourth-order valence-electron chi connectivity index (χ4n) is 1.70. The first-order chi connectivity index (χ1) is 9.58. The van der Waals surface area contributed by atoms with Gasteiger partial charge in [-0.2, -0.15) is 0 Å². The zero-order valence-electron chi connectivity index (χ0n) is 12.7. The van der Waals surface area contributed by atoms with E-state index >= 15 is 0 Å². The number of hydrogen-bond donors (Lipinski definition) is 2. The highest BCUT2D eigenvalue weighted by Crippen LogP contribution is 2.27. The standard InChI is InChI=1S/C14H22ClNO4S/c1-14(2,3)13(17)7-8-16-21(18,19)12-9-10(15)5-6-11(12)20-4/h5-6,9,13,16-17H,7-8H2,1-4H3/t13-/m1/s1. The lowest BCUT2D eigenvalue weighted by molar-refractivity contribution is 0.0571. The highest BCUT2D eigenvalue weighted by molar-refractivity contribution is 7.89. The Bertz CT molecular complexity index is 581. The minimum Gasteiger partial charge on any atom is -0.495 e. The van der Waals surface area contributed by atoms with Crippen molar-refractivity contribution in [3.63, 3.8) is 0 Å². The summed E-state index contributed by atoms with van der Waals surface area (Å²) in [5.41, 5.74) is -0.292. The summed E-state index contributed by atoms with van der Waals surface area (Å²) in [5.74, 6) is 0.225. The maximum Gasteiger partial charge on any atom is 0.244 e. The Morgan fingerprint density at radius 1 is 1.38 bits per heavy atom. The van der Waals surface area contributed by atoms with E-state index in [0.29, 0.717) is 11.4 Å². The Morgan fingerprint density at radius 2 is 2.00 bits per heavy atom. The number of benzene rings is 1. The summed E-state index contributed by atoms with van der Waals surface area (Å²) in [6, 6.07) is 4.40. The van der Waals surface area contributed by atoms with Crippen LogP contribution in [0.1, 0.15) is 27.2 Å². The molecule has 5 nitrogen and oxygen atoms in total. The monoisotopic (exact) mass is 335 g/mol. The maximum atomic E-state index is 12.3. The van der Waals surface area contributed by atoms with Gasteiger partial charge < -0.3 is 9.84 Å². The Labute approximate surface area is 131 Å². The van der Waals surface area contributed by atoms with Crippen LogP contribution < -0.4 is 9.46 Å². The molecule has 1 atom stereocenters. The number of sulfonamides is 1. The molecule has 7 heteroatoms. The maximum absolute atomic E-state index is 12.3. The molecule has 0 bridgehead atoms. The van der Waals surface area contributed by atoms with E-state index in [1.807, 2.05) is 20.8 Å². The number of aliphatic hydroxyl groups is 1. The van der Waals surface area contributed by atoms with E-state index < -0.39 is 16.1 Å². The predicted octanol–water partition coefficient (Wildman–Crippen LogP) is 2.42. The van der Waals surface area contributed by atoms with E-state index in [1.165, 1.54) is 19.2 Å². The third-order valence-electron chi connectivity index (χ3n) is 3.12. The molecule has 1 rings (SSSR count). The smallest absolute Gasteiger partial charge is 0.244 e. The van der Waals surface area contributed by atoms with E-state index in [-0.39, 0.29) is 22.6 Å². The van der Waals surface area contributed by atoms with Crippen molar-refractivity contribution in [1.29, 1.82) is 0 Å². The van der Waals surface area contributed by atoms with Crippen LogP contribution in [0.5, 0.6) is 5.75 Å². The minimum absolute atomic E-state index is 0.0113. The molecule has 0 radical (unpaired) electrons. The molecule has 0 aliphatic heterocycles. The van der Waals surface area contributed by atoms with E-state index in [4.69, 9.17) is 16.3 Å². The predicted molar refractivity (Wildman–Crippen MR) is 83.3 cm³/mol. The molecule has 0 amide bonds. The third kappa shape index (κ3) is 5.14. The van der Waals surface area contributed by atoms with Gasteiger partial charge in [0.05, 0.1) is 13.2 Å². The summed E-state index contributed by atoms with van der Waals surface area (Å²) in [7, 11) is -2.34. The van der Waals surface area contributed by atoms with Gasteiger partial charge in [0.25, 0.3) is 0 Å². The largest absolute Gasteiger partial charge is 0.495 e. The van der Waals surface area contributed by atoms with Crippen molar-refractivity contribution in [3.05, 3.63) is 23.2 Å². The van der Waals surface area contributed by atoms with Crippen LogP contribution in [-0.4, -0.2) is 33.3 Å². The second-order valence-electron chi connectivity index (χ2n) is 5.86. The zero-order chi connectivity index (χ0) is 16.3. The number of ether oxygens (including phenoxy) is 1. The summed E-state index contributed by atoms with van der Waals surface area (Å²) in [6.45, 7) is 5.82. The fraction of sp³-hybridized carbons (Fsp3) is 0.571. The second-order valence-corrected chi connectivity index (χ2v) is 8.04. The van der Waals surface area contributed by atoms with Crippen LogP contribution in [0, 0.1) is 5.41 Å². The van der Waals surface area contributed by atoms with Gasteiger partial charge in [-0.15, -0.1) is 0 Å². The van der Waals surface area contributed by atoms with Gasteiger partial charge in [0.1, 0.15) is 10.6 Å². The van der Waals surface area contributed by atoms with Crippen LogP contribution in [0.3, 0.4) is 0 Å². The minimum atomic E-state index is -3.74. The molecule has 0 aliphatic rings. The topological polar surface area (TPSA) is 75.6 Å². The first-order valence-corrected chi connectivity index (χ1v) is 8.45. The normalized spacial score (nSPS) is 14.0. The molecule has 1 aromatic carbocycles. The first kappa shape index (κ1) is 18.2. The van der Waals surface area contributed by atoms with E-state index in [0.717, 1.165) is 0 Å². The quantitative estimate of drug-likeness (QED) is 0.837. The fourth-order valence-corrected chi connectivity index (χ4v) is 3.18. The van der Waals surface area contributed by atoms with Crippen LogP contribution in [0.25, 0.3) is 0 Å². The van der Waals surface area contributed by atoms with Crippen molar-refractivity contribution in [2.45, 2.75) is 38.2 Å². The van der Waals surface area contributed by atoms with Gasteiger partial charge >= 0.3 is 0 Å². The molecule has 120 valence electrons. The van der Waals surface area contributed by atoms with Crippen molar-refractivity contribution in [2.24, 2.45) is 5.41 Å². The van der Waals surface area contributed by atoms with Crippen LogP contribution >= 0.6 is 11.6 Å². The second kappa shape index (κ2) is 6.96. The van der Waals surface area contributed by atoms with Gasteiger partial charge in [0, 0.05) is 11.6 Å². The number of rotatable bonds is 6. The average Bonchev–Trinajstić information content (AvgIpc) is 2.37. The third-order valence-corrected chi connectivity index (χ3v) is 4.84. The van der Waals surface area contributed by atoms with Gasteiger partial charge in [-0.25, -0.2) is 13.1 Å². The van der Waals surface area contributed by atoms with Crippen LogP contribution in [-0.2, 0) is 10.0 Å². The van der Waals surface area contributed by atoms with E-state index in [1.54, 1.807) is 6.07 Å². The van der Waals surface area contributed by atoms with E-state index in [9.17, 15) is 13.5 Å². The Balaban J connectivity index is 2.81. The summed E-state index contributed by atoms with van der Waals surface area (Å²) in [4.78, 5) is -0.0113. The highest BCUT2D eigenvalue weighted by atomic mass is 35.5. The number of nitrogens with one attached hydrogen (secondary N) is 1. The molecular formula is C14H22ClNO4S. The van der Waals surface area contributed by atoms with Gasteiger partial charge in [-0.3, -0.25) is 0 Å². The number of methoxy groups -OCH3 is 1. The lowest BCUT2D eigenvalue weighted by atomic mass is 9.87. The van der Waals surface area contributed by atoms with Crippen molar-refractivity contribution < 1.29 is 18.3 Å². The summed E-state index contributed by atoms with van der Waals surface area (Å²) >= 11 is 5.84. The van der Waals surface area contributed by atoms with Crippen LogP contribution in [0.4, 0.5) is 0 Å². The van der Waals surface area contributed by atoms with Crippen molar-refractivity contribution in [2.75, 3.05) is 13.7 Å². The van der Waals surface area contributed by atoms with Crippen molar-refractivity contribution in [1.82, 2.24) is 4.72 Å². The summed E-state index contributed by atoms with van der Waals surface area (Å²) in [5, 5.41) is 10.2. The lowest BCUT2D eigenvalue weighted by Gasteiger charge is -2.25.